The zero-order valence-corrected chi connectivity index (χ0v) is 19.4. The molecule has 0 radical (unpaired) electrons. The van der Waals surface area contributed by atoms with Gasteiger partial charge in [0.15, 0.2) is 0 Å². The number of aromatic amines is 1. The van der Waals surface area contributed by atoms with Crippen LogP contribution in [-0.2, 0) is 31.0 Å². The van der Waals surface area contributed by atoms with E-state index in [2.05, 4.69) is 15.6 Å². The first kappa shape index (κ1) is 29.7. The lowest BCUT2D eigenvalue weighted by molar-refractivity contribution is -0.143. The maximum absolute atomic E-state index is 12.1. The summed E-state index contributed by atoms with van der Waals surface area (Å²) in [4.78, 5) is 84.2. The topological polar surface area (TPSA) is 231 Å². The summed E-state index contributed by atoms with van der Waals surface area (Å²) < 4.78 is 1.14. The van der Waals surface area contributed by atoms with Gasteiger partial charge in [0, 0.05) is 45.5 Å². The summed E-state index contributed by atoms with van der Waals surface area (Å²) >= 11 is 0. The summed E-state index contributed by atoms with van der Waals surface area (Å²) in [6, 6.07) is 0. The number of carbonyl (C=O) groups excluding carboxylic acids is 2. The molecule has 2 amide bonds. The van der Waals surface area contributed by atoms with Crippen LogP contribution in [0.25, 0.3) is 6.08 Å². The molecule has 0 spiro atoms. The first-order valence-electron chi connectivity index (χ1n) is 10.5. The molecule has 36 heavy (non-hydrogen) atoms. The summed E-state index contributed by atoms with van der Waals surface area (Å²) in [6.07, 6.45) is 3.55. The molecule has 1 aromatic rings. The van der Waals surface area contributed by atoms with Crippen molar-refractivity contribution >= 4 is 35.8 Å². The summed E-state index contributed by atoms with van der Waals surface area (Å²) in [6.45, 7) is -2.18. The molecule has 198 valence electrons. The Morgan fingerprint density at radius 1 is 0.889 bits per heavy atom. The molecule has 0 atom stereocenters. The molecule has 0 unspecified atom stereocenters. The van der Waals surface area contributed by atoms with Gasteiger partial charge in [0.25, 0.3) is 5.56 Å². The number of rotatable bonds is 16. The molecule has 0 aliphatic heterocycles. The normalized spacial score (nSPS) is 11.1. The Morgan fingerprint density at radius 3 is 1.92 bits per heavy atom. The van der Waals surface area contributed by atoms with Crippen molar-refractivity contribution in [3.63, 3.8) is 0 Å². The van der Waals surface area contributed by atoms with Crippen LogP contribution in [0.4, 0.5) is 0 Å². The van der Waals surface area contributed by atoms with Crippen molar-refractivity contribution in [1.29, 1.82) is 0 Å². The number of aryl methyl sites for hydroxylation is 1. The monoisotopic (exact) mass is 512 g/mol. The number of aromatic nitrogens is 2. The van der Waals surface area contributed by atoms with Crippen LogP contribution in [0.1, 0.15) is 5.56 Å². The second-order valence-electron chi connectivity index (χ2n) is 7.53. The number of aliphatic carboxylic acids is 3. The molecule has 1 aromatic heterocycles. The van der Waals surface area contributed by atoms with Crippen molar-refractivity contribution in [2.45, 2.75) is 0 Å². The Kier molecular flexibility index (Phi) is 12.3. The lowest BCUT2D eigenvalue weighted by Crippen LogP contribution is -2.46. The zero-order chi connectivity index (χ0) is 27.3. The standard InChI is InChI=1S/C20H28N6O10/c1-24-8-13(19(35)23-20(24)36)2-3-14(27)21-4-5-22-15(28)9-25(10-16(29)30)6-7-26(11-17(31)32)12-18(33)34/h2-3,8H,4-7,9-12H2,1H3,(H,21,27)(H,22,28)(H,29,30)(H,31,32)(H,33,34)(H,23,35,36)/b3-2+. The van der Waals surface area contributed by atoms with Gasteiger partial charge in [-0.2, -0.15) is 0 Å². The molecule has 0 saturated carbocycles. The number of carboxylic acid groups (broad SMARTS) is 3. The molecule has 0 aromatic carbocycles. The SMILES string of the molecule is Cn1cc(/C=C/C(=O)NCCNC(=O)CN(CCN(CC(=O)O)CC(=O)O)CC(=O)O)c(=O)[nH]c1=O. The molecular formula is C20H28N6O10. The predicted octanol–water partition coefficient (Wildman–Crippen LogP) is -3.82. The summed E-state index contributed by atoms with van der Waals surface area (Å²) in [5, 5.41) is 31.7. The molecule has 16 heteroatoms. The highest BCUT2D eigenvalue weighted by molar-refractivity contribution is 5.91. The maximum Gasteiger partial charge on any atom is 0.328 e. The number of nitrogens with zero attached hydrogens (tertiary/aromatic N) is 3. The van der Waals surface area contributed by atoms with Gasteiger partial charge in [0.1, 0.15) is 0 Å². The number of nitrogens with one attached hydrogen (secondary N) is 3. The predicted molar refractivity (Wildman–Crippen MR) is 123 cm³/mol. The Hall–Kier alpha value is -4.31. The Balaban J connectivity index is 2.51. The lowest BCUT2D eigenvalue weighted by atomic mass is 10.3. The third kappa shape index (κ3) is 12.2. The van der Waals surface area contributed by atoms with Crippen LogP contribution in [0.5, 0.6) is 0 Å². The van der Waals surface area contributed by atoms with Crippen molar-refractivity contribution in [2.75, 3.05) is 52.4 Å². The quantitative estimate of drug-likeness (QED) is 0.0924. The van der Waals surface area contributed by atoms with E-state index in [0.29, 0.717) is 0 Å². The first-order chi connectivity index (χ1) is 16.9. The highest BCUT2D eigenvalue weighted by Gasteiger charge is 2.18. The average Bonchev–Trinajstić information content (AvgIpc) is 2.75. The summed E-state index contributed by atoms with van der Waals surface area (Å²) in [7, 11) is 1.43. The minimum absolute atomic E-state index is 0.00387. The van der Waals surface area contributed by atoms with Crippen molar-refractivity contribution < 1.29 is 39.3 Å². The highest BCUT2D eigenvalue weighted by atomic mass is 16.4. The molecule has 0 bridgehead atoms. The van der Waals surface area contributed by atoms with E-state index in [-0.39, 0.29) is 38.3 Å². The van der Waals surface area contributed by atoms with E-state index in [9.17, 15) is 33.6 Å². The molecule has 0 fully saturated rings. The van der Waals surface area contributed by atoms with E-state index in [1.54, 1.807) is 0 Å². The van der Waals surface area contributed by atoms with Gasteiger partial charge in [-0.25, -0.2) is 4.79 Å². The third-order valence-corrected chi connectivity index (χ3v) is 4.47. The van der Waals surface area contributed by atoms with Gasteiger partial charge < -0.3 is 30.5 Å². The minimum Gasteiger partial charge on any atom is -0.480 e. The van der Waals surface area contributed by atoms with Gasteiger partial charge >= 0.3 is 23.6 Å². The smallest absolute Gasteiger partial charge is 0.328 e. The van der Waals surface area contributed by atoms with Crippen LogP contribution in [0, 0.1) is 0 Å². The number of hydrogen-bond acceptors (Lipinski definition) is 9. The van der Waals surface area contributed by atoms with Crippen LogP contribution in [0.15, 0.2) is 21.9 Å². The van der Waals surface area contributed by atoms with Gasteiger partial charge in [0.05, 0.1) is 31.7 Å². The highest BCUT2D eigenvalue weighted by Crippen LogP contribution is 1.95. The Bertz CT molecular complexity index is 1090. The summed E-state index contributed by atoms with van der Waals surface area (Å²) in [5.41, 5.74) is -1.17. The zero-order valence-electron chi connectivity index (χ0n) is 19.4. The van der Waals surface area contributed by atoms with Gasteiger partial charge in [0.2, 0.25) is 11.8 Å². The Labute approximate surface area is 203 Å². The van der Waals surface area contributed by atoms with Crippen LogP contribution in [-0.4, -0.2) is 117 Å². The number of H-pyrrole nitrogens is 1. The summed E-state index contributed by atoms with van der Waals surface area (Å²) in [5.74, 6) is -4.88. The fourth-order valence-electron chi connectivity index (χ4n) is 2.86. The number of carbonyl (C=O) groups is 5. The maximum atomic E-state index is 12.1. The van der Waals surface area contributed by atoms with E-state index < -0.39 is 60.6 Å². The van der Waals surface area contributed by atoms with E-state index in [0.717, 1.165) is 15.5 Å². The van der Waals surface area contributed by atoms with E-state index >= 15 is 0 Å². The molecule has 0 aliphatic carbocycles. The minimum atomic E-state index is -1.25. The number of amides is 2. The molecule has 16 nitrogen and oxygen atoms in total. The van der Waals surface area contributed by atoms with Crippen LogP contribution >= 0.6 is 0 Å². The van der Waals surface area contributed by atoms with Gasteiger partial charge in [-0.15, -0.1) is 0 Å². The average molecular weight is 512 g/mol. The fraction of sp³-hybridized carbons (Fsp3) is 0.450. The van der Waals surface area contributed by atoms with Gasteiger partial charge in [-0.1, -0.05) is 0 Å². The molecule has 1 rings (SSSR count). The Morgan fingerprint density at radius 2 is 1.39 bits per heavy atom. The lowest BCUT2D eigenvalue weighted by Gasteiger charge is -2.24. The molecule has 1 heterocycles. The second-order valence-corrected chi connectivity index (χ2v) is 7.53. The van der Waals surface area contributed by atoms with Crippen LogP contribution in [0.2, 0.25) is 0 Å². The van der Waals surface area contributed by atoms with Gasteiger partial charge in [-0.3, -0.25) is 43.6 Å². The fourth-order valence-corrected chi connectivity index (χ4v) is 2.86. The van der Waals surface area contributed by atoms with Gasteiger partial charge in [-0.05, 0) is 6.08 Å². The van der Waals surface area contributed by atoms with E-state index in [1.807, 2.05) is 0 Å². The van der Waals surface area contributed by atoms with Crippen molar-refractivity contribution in [2.24, 2.45) is 7.05 Å². The molecule has 6 N–H and O–H groups in total. The van der Waals surface area contributed by atoms with E-state index in [4.69, 9.17) is 15.3 Å². The molecule has 0 saturated heterocycles. The molecule has 0 aliphatic rings. The van der Waals surface area contributed by atoms with Crippen molar-refractivity contribution in [1.82, 2.24) is 30.0 Å². The van der Waals surface area contributed by atoms with Crippen LogP contribution in [0.3, 0.4) is 0 Å². The van der Waals surface area contributed by atoms with Crippen molar-refractivity contribution in [3.05, 3.63) is 38.7 Å². The third-order valence-electron chi connectivity index (χ3n) is 4.47. The van der Waals surface area contributed by atoms with Crippen molar-refractivity contribution in [3.8, 4) is 0 Å². The number of hydrogen-bond donors (Lipinski definition) is 6. The second kappa shape index (κ2) is 14.8. The largest absolute Gasteiger partial charge is 0.480 e. The van der Waals surface area contributed by atoms with E-state index in [1.165, 1.54) is 24.2 Å². The first-order valence-corrected chi connectivity index (χ1v) is 10.5. The van der Waals surface area contributed by atoms with Crippen LogP contribution < -0.4 is 21.9 Å². The molecular weight excluding hydrogens is 484 g/mol. The number of carboxylic acids is 3.